The third-order valence-corrected chi connectivity index (χ3v) is 4.75. The van der Waals surface area contributed by atoms with Crippen LogP contribution in [0.5, 0.6) is 23.0 Å². The highest BCUT2D eigenvalue weighted by Crippen LogP contribution is 2.32. The first-order valence-corrected chi connectivity index (χ1v) is 8.93. The molecule has 140 valence electrons. The maximum absolute atomic E-state index is 6.22. The van der Waals surface area contributed by atoms with Gasteiger partial charge in [-0.15, -0.1) is 0 Å². The summed E-state index contributed by atoms with van der Waals surface area (Å²) in [5.41, 5.74) is 2.25. The predicted octanol–water partition coefficient (Wildman–Crippen LogP) is 3.89. The van der Waals surface area contributed by atoms with Gasteiger partial charge in [0.1, 0.15) is 29.1 Å². The lowest BCUT2D eigenvalue weighted by Gasteiger charge is -2.24. The van der Waals surface area contributed by atoms with Crippen LogP contribution in [0, 0.1) is 0 Å². The van der Waals surface area contributed by atoms with Gasteiger partial charge in [-0.1, -0.05) is 6.92 Å². The summed E-state index contributed by atoms with van der Waals surface area (Å²) in [6.07, 6.45) is 1.11. The van der Waals surface area contributed by atoms with Crippen molar-refractivity contribution in [2.24, 2.45) is 0 Å². The molecule has 5 nitrogen and oxygen atoms in total. The summed E-state index contributed by atoms with van der Waals surface area (Å²) in [4.78, 5) is 2.39. The summed E-state index contributed by atoms with van der Waals surface area (Å²) >= 11 is 0. The Labute approximate surface area is 155 Å². The third-order valence-electron chi connectivity index (χ3n) is 4.75. The Balaban J connectivity index is 1.89. The Hall–Kier alpha value is -2.40. The van der Waals surface area contributed by atoms with E-state index in [1.165, 1.54) is 0 Å². The number of hydrogen-bond acceptors (Lipinski definition) is 5. The number of hydrogen-bond donors (Lipinski definition) is 0. The van der Waals surface area contributed by atoms with Crippen LogP contribution >= 0.6 is 0 Å². The summed E-state index contributed by atoms with van der Waals surface area (Å²) in [5, 5.41) is 0. The lowest BCUT2D eigenvalue weighted by Crippen LogP contribution is -2.32. The van der Waals surface area contributed by atoms with Gasteiger partial charge < -0.3 is 18.9 Å². The molecule has 0 bridgehead atoms. The van der Waals surface area contributed by atoms with Crippen molar-refractivity contribution < 1.29 is 18.9 Å². The minimum Gasteiger partial charge on any atom is -0.497 e. The Kier molecular flexibility index (Phi) is 5.89. The number of ether oxygens (including phenoxy) is 4. The summed E-state index contributed by atoms with van der Waals surface area (Å²) in [6, 6.07) is 11.9. The van der Waals surface area contributed by atoms with Crippen LogP contribution in [0.1, 0.15) is 24.5 Å². The van der Waals surface area contributed by atoms with Crippen LogP contribution in [-0.2, 0) is 13.1 Å². The second-order valence-electron chi connectivity index (χ2n) is 6.47. The minimum atomic E-state index is 0.154. The highest BCUT2D eigenvalue weighted by molar-refractivity contribution is 5.42. The molecule has 3 rings (SSSR count). The maximum atomic E-state index is 6.22. The minimum absolute atomic E-state index is 0.154. The molecule has 0 saturated carbocycles. The zero-order chi connectivity index (χ0) is 18.5. The molecule has 1 aliphatic rings. The van der Waals surface area contributed by atoms with Crippen molar-refractivity contribution in [2.75, 3.05) is 27.9 Å². The second-order valence-corrected chi connectivity index (χ2v) is 6.47. The van der Waals surface area contributed by atoms with Crippen molar-refractivity contribution in [3.8, 4) is 23.0 Å². The molecule has 1 heterocycles. The molecule has 0 amide bonds. The van der Waals surface area contributed by atoms with Crippen molar-refractivity contribution in [3.05, 3.63) is 47.5 Å². The van der Waals surface area contributed by atoms with E-state index in [-0.39, 0.29) is 6.10 Å². The van der Waals surface area contributed by atoms with Gasteiger partial charge in [0.05, 0.1) is 21.3 Å². The topological polar surface area (TPSA) is 40.2 Å². The van der Waals surface area contributed by atoms with Crippen LogP contribution in [-0.4, -0.2) is 38.9 Å². The molecule has 1 atom stereocenters. The number of benzene rings is 2. The lowest BCUT2D eigenvalue weighted by molar-refractivity contribution is 0.138. The van der Waals surface area contributed by atoms with E-state index in [1.54, 1.807) is 21.3 Å². The highest BCUT2D eigenvalue weighted by atomic mass is 16.5. The quantitative estimate of drug-likeness (QED) is 0.784. The fourth-order valence-corrected chi connectivity index (χ4v) is 3.31. The van der Waals surface area contributed by atoms with Crippen molar-refractivity contribution in [2.45, 2.75) is 32.5 Å². The van der Waals surface area contributed by atoms with Gasteiger partial charge in [-0.25, -0.2) is 0 Å². The van der Waals surface area contributed by atoms with Gasteiger partial charge in [0.25, 0.3) is 0 Å². The van der Waals surface area contributed by atoms with Crippen molar-refractivity contribution >= 4 is 0 Å². The van der Waals surface area contributed by atoms with Crippen LogP contribution in [0.3, 0.4) is 0 Å². The zero-order valence-electron chi connectivity index (χ0n) is 16.0. The molecule has 5 heteroatoms. The van der Waals surface area contributed by atoms with E-state index in [0.717, 1.165) is 60.2 Å². The van der Waals surface area contributed by atoms with Crippen molar-refractivity contribution in [1.29, 1.82) is 0 Å². The molecular weight excluding hydrogens is 330 g/mol. The van der Waals surface area contributed by atoms with Crippen LogP contribution in [0.4, 0.5) is 0 Å². The van der Waals surface area contributed by atoms with E-state index in [0.29, 0.717) is 0 Å². The van der Waals surface area contributed by atoms with E-state index in [2.05, 4.69) is 17.9 Å². The van der Waals surface area contributed by atoms with Crippen molar-refractivity contribution in [3.63, 3.8) is 0 Å². The highest BCUT2D eigenvalue weighted by Gasteiger charge is 2.23. The fourth-order valence-electron chi connectivity index (χ4n) is 3.31. The summed E-state index contributed by atoms with van der Waals surface area (Å²) < 4.78 is 22.5. The van der Waals surface area contributed by atoms with Crippen LogP contribution in [0.25, 0.3) is 0 Å². The third kappa shape index (κ3) is 4.05. The van der Waals surface area contributed by atoms with Crippen LogP contribution < -0.4 is 18.9 Å². The average Bonchev–Trinajstić information content (AvgIpc) is 2.85. The summed E-state index contributed by atoms with van der Waals surface area (Å²) in [6.45, 7) is 4.57. The first kappa shape index (κ1) is 18.4. The molecule has 2 aromatic carbocycles. The predicted molar refractivity (Wildman–Crippen MR) is 101 cm³/mol. The van der Waals surface area contributed by atoms with E-state index < -0.39 is 0 Å². The summed E-state index contributed by atoms with van der Waals surface area (Å²) in [5.74, 6) is 3.50. The van der Waals surface area contributed by atoms with E-state index >= 15 is 0 Å². The number of rotatable bonds is 6. The SMILES string of the molecule is CCC1CN(Cc2cc(OC)ccc2OC)Cc2cc(OC)ccc2O1. The molecular formula is C21H27NO4. The molecule has 1 unspecified atom stereocenters. The number of nitrogens with zero attached hydrogens (tertiary/aromatic N) is 1. The van der Waals surface area contributed by atoms with Crippen LogP contribution in [0.2, 0.25) is 0 Å². The molecule has 0 aliphatic carbocycles. The molecule has 1 aliphatic heterocycles. The molecule has 0 saturated heterocycles. The molecule has 0 N–H and O–H groups in total. The number of methoxy groups -OCH3 is 3. The first-order valence-electron chi connectivity index (χ1n) is 8.93. The Morgan fingerprint density at radius 2 is 1.73 bits per heavy atom. The maximum Gasteiger partial charge on any atom is 0.124 e. The molecule has 0 spiro atoms. The van der Waals surface area contributed by atoms with E-state index in [4.69, 9.17) is 18.9 Å². The Morgan fingerprint density at radius 1 is 1.00 bits per heavy atom. The fraction of sp³-hybridized carbons (Fsp3) is 0.429. The first-order chi connectivity index (χ1) is 12.7. The van der Waals surface area contributed by atoms with Gasteiger partial charge in [-0.2, -0.15) is 0 Å². The van der Waals surface area contributed by atoms with Gasteiger partial charge >= 0.3 is 0 Å². The van der Waals surface area contributed by atoms with Crippen LogP contribution in [0.15, 0.2) is 36.4 Å². The van der Waals surface area contributed by atoms with E-state index in [1.807, 2.05) is 30.3 Å². The monoisotopic (exact) mass is 357 g/mol. The lowest BCUT2D eigenvalue weighted by atomic mass is 10.1. The van der Waals surface area contributed by atoms with Gasteiger partial charge in [0.15, 0.2) is 0 Å². The molecule has 0 aromatic heterocycles. The smallest absolute Gasteiger partial charge is 0.124 e. The van der Waals surface area contributed by atoms with Gasteiger partial charge in [0.2, 0.25) is 0 Å². The molecule has 0 fully saturated rings. The Morgan fingerprint density at radius 3 is 2.42 bits per heavy atom. The second kappa shape index (κ2) is 8.32. The Bertz CT molecular complexity index is 747. The summed E-state index contributed by atoms with van der Waals surface area (Å²) in [7, 11) is 5.07. The standard InChI is InChI=1S/C21H27NO4/c1-5-17-14-22(12-15-10-18(23-2)6-8-20(15)25-4)13-16-11-19(24-3)7-9-21(16)26-17/h6-11,17H,5,12-14H2,1-4H3. The van der Waals surface area contributed by atoms with Crippen molar-refractivity contribution in [1.82, 2.24) is 4.90 Å². The van der Waals surface area contributed by atoms with Gasteiger partial charge in [0, 0.05) is 30.8 Å². The molecule has 0 radical (unpaired) electrons. The molecule has 26 heavy (non-hydrogen) atoms. The zero-order valence-corrected chi connectivity index (χ0v) is 16.0. The molecule has 2 aromatic rings. The van der Waals surface area contributed by atoms with Gasteiger partial charge in [-0.05, 0) is 42.8 Å². The van der Waals surface area contributed by atoms with E-state index in [9.17, 15) is 0 Å². The van der Waals surface area contributed by atoms with Gasteiger partial charge in [-0.3, -0.25) is 4.90 Å². The average molecular weight is 357 g/mol. The normalized spacial score (nSPS) is 17.0. The largest absolute Gasteiger partial charge is 0.497 e. The number of fused-ring (bicyclic) bond motifs is 1.